The number of methoxy groups -OCH3 is 1. The Morgan fingerprint density at radius 1 is 1.00 bits per heavy atom. The highest BCUT2D eigenvalue weighted by Gasteiger charge is 2.22. The molecule has 0 aliphatic rings. The number of fused-ring (bicyclic) bond motifs is 1. The van der Waals surface area contributed by atoms with E-state index in [9.17, 15) is 4.79 Å². The lowest BCUT2D eigenvalue weighted by Crippen LogP contribution is -2.31. The molecule has 164 valence electrons. The lowest BCUT2D eigenvalue weighted by Gasteiger charge is -2.19. The summed E-state index contributed by atoms with van der Waals surface area (Å²) in [5.41, 5.74) is 3.74. The van der Waals surface area contributed by atoms with Crippen LogP contribution in [0.2, 0.25) is 0 Å². The van der Waals surface area contributed by atoms with Gasteiger partial charge in [0.1, 0.15) is 10.8 Å². The summed E-state index contributed by atoms with van der Waals surface area (Å²) < 4.78 is 5.48. The van der Waals surface area contributed by atoms with Gasteiger partial charge in [-0.25, -0.2) is 0 Å². The maximum atomic E-state index is 13.5. The van der Waals surface area contributed by atoms with Gasteiger partial charge in [0.05, 0.1) is 7.11 Å². The number of aromatic nitrogens is 2. The topological polar surface area (TPSA) is 55.3 Å². The zero-order valence-corrected chi connectivity index (χ0v) is 19.7. The standard InChI is InChI=1S/C26H27N3O2S/c1-5-6-13-29(25(30)21-12-11-19-9-7-8-10-20(19)16-21)26-28-27-24(32-26)22-14-17(2)23(31-4)18(3)15-22/h7-12,14-16H,5-6,13H2,1-4H3. The maximum Gasteiger partial charge on any atom is 0.260 e. The molecule has 0 unspecified atom stereocenters. The molecule has 0 aliphatic carbocycles. The predicted molar refractivity (Wildman–Crippen MR) is 132 cm³/mol. The van der Waals surface area contributed by atoms with Gasteiger partial charge in [-0.15, -0.1) is 10.2 Å². The van der Waals surface area contributed by atoms with Crippen LogP contribution in [0.25, 0.3) is 21.3 Å². The van der Waals surface area contributed by atoms with Crippen molar-refractivity contribution in [2.75, 3.05) is 18.6 Å². The molecule has 1 aromatic heterocycles. The number of nitrogens with zero attached hydrogens (tertiary/aromatic N) is 3. The van der Waals surface area contributed by atoms with E-state index in [1.807, 2.05) is 56.3 Å². The molecule has 32 heavy (non-hydrogen) atoms. The van der Waals surface area contributed by atoms with Gasteiger partial charge in [-0.1, -0.05) is 55.0 Å². The summed E-state index contributed by atoms with van der Waals surface area (Å²) >= 11 is 1.44. The molecule has 0 aliphatic heterocycles. The van der Waals surface area contributed by atoms with Crippen LogP contribution in [0, 0.1) is 13.8 Å². The Hall–Kier alpha value is -3.25. The number of aryl methyl sites for hydroxylation is 2. The van der Waals surface area contributed by atoms with Gasteiger partial charge in [0.15, 0.2) is 0 Å². The average molecular weight is 446 g/mol. The predicted octanol–water partition coefficient (Wildman–Crippen LogP) is 6.43. The molecule has 3 aromatic carbocycles. The molecule has 0 bridgehead atoms. The van der Waals surface area contributed by atoms with E-state index in [1.165, 1.54) is 11.3 Å². The SMILES string of the molecule is CCCCN(C(=O)c1ccc2ccccc2c1)c1nnc(-c2cc(C)c(OC)c(C)c2)s1. The van der Waals surface area contributed by atoms with Crippen LogP contribution in [0.1, 0.15) is 41.3 Å². The fraction of sp³-hybridized carbons (Fsp3) is 0.269. The summed E-state index contributed by atoms with van der Waals surface area (Å²) in [6.07, 6.45) is 1.89. The van der Waals surface area contributed by atoms with Gasteiger partial charge in [-0.2, -0.15) is 0 Å². The average Bonchev–Trinajstić information content (AvgIpc) is 3.28. The number of benzene rings is 3. The third-order valence-corrected chi connectivity index (χ3v) is 6.53. The van der Waals surface area contributed by atoms with Gasteiger partial charge in [0.25, 0.3) is 5.91 Å². The summed E-state index contributed by atoms with van der Waals surface area (Å²) in [4.78, 5) is 15.2. The summed E-state index contributed by atoms with van der Waals surface area (Å²) in [6, 6.07) is 18.0. The number of carbonyl (C=O) groups is 1. The van der Waals surface area contributed by atoms with E-state index in [4.69, 9.17) is 4.74 Å². The first-order valence-corrected chi connectivity index (χ1v) is 11.6. The van der Waals surface area contributed by atoms with E-state index >= 15 is 0 Å². The molecule has 0 atom stereocenters. The highest BCUT2D eigenvalue weighted by molar-refractivity contribution is 7.18. The summed E-state index contributed by atoms with van der Waals surface area (Å²) in [5, 5.41) is 12.4. The van der Waals surface area contributed by atoms with Crippen LogP contribution in [-0.2, 0) is 0 Å². The molecule has 0 saturated carbocycles. The monoisotopic (exact) mass is 445 g/mol. The van der Waals surface area contributed by atoms with Crippen molar-refractivity contribution in [3.05, 3.63) is 71.3 Å². The summed E-state index contributed by atoms with van der Waals surface area (Å²) in [7, 11) is 1.68. The summed E-state index contributed by atoms with van der Waals surface area (Å²) in [6.45, 7) is 6.77. The zero-order valence-electron chi connectivity index (χ0n) is 18.9. The molecule has 6 heteroatoms. The van der Waals surface area contributed by atoms with Crippen molar-refractivity contribution < 1.29 is 9.53 Å². The van der Waals surface area contributed by atoms with Gasteiger partial charge in [-0.05, 0) is 66.4 Å². The van der Waals surface area contributed by atoms with Crippen molar-refractivity contribution in [3.63, 3.8) is 0 Å². The maximum absolute atomic E-state index is 13.5. The van der Waals surface area contributed by atoms with Crippen molar-refractivity contribution in [1.29, 1.82) is 0 Å². The highest BCUT2D eigenvalue weighted by atomic mass is 32.1. The van der Waals surface area contributed by atoms with Crippen molar-refractivity contribution in [2.45, 2.75) is 33.6 Å². The van der Waals surface area contributed by atoms with Gasteiger partial charge >= 0.3 is 0 Å². The third-order valence-electron chi connectivity index (χ3n) is 5.53. The van der Waals surface area contributed by atoms with E-state index < -0.39 is 0 Å². The molecule has 0 spiro atoms. The van der Waals surface area contributed by atoms with Crippen LogP contribution in [0.3, 0.4) is 0 Å². The van der Waals surface area contributed by atoms with Gasteiger partial charge in [0, 0.05) is 17.7 Å². The van der Waals surface area contributed by atoms with Gasteiger partial charge < -0.3 is 4.74 Å². The van der Waals surface area contributed by atoms with Crippen LogP contribution in [-0.4, -0.2) is 29.8 Å². The molecule has 0 N–H and O–H groups in total. The lowest BCUT2D eigenvalue weighted by molar-refractivity contribution is 0.0986. The first-order valence-electron chi connectivity index (χ1n) is 10.8. The van der Waals surface area contributed by atoms with Crippen molar-refractivity contribution in [1.82, 2.24) is 10.2 Å². The Morgan fingerprint density at radius 3 is 2.41 bits per heavy atom. The molecule has 1 heterocycles. The first kappa shape index (κ1) is 22.0. The zero-order chi connectivity index (χ0) is 22.7. The largest absolute Gasteiger partial charge is 0.496 e. The number of carbonyl (C=O) groups excluding carboxylic acids is 1. The molecule has 0 saturated heterocycles. The van der Waals surface area contributed by atoms with Crippen LogP contribution in [0.4, 0.5) is 5.13 Å². The Labute approximate surface area is 192 Å². The number of ether oxygens (including phenoxy) is 1. The molecule has 5 nitrogen and oxygen atoms in total. The minimum absolute atomic E-state index is 0.0472. The smallest absolute Gasteiger partial charge is 0.260 e. The highest BCUT2D eigenvalue weighted by Crippen LogP contribution is 2.34. The normalized spacial score (nSPS) is 11.0. The fourth-order valence-corrected chi connectivity index (χ4v) is 4.77. The van der Waals surface area contributed by atoms with E-state index in [2.05, 4.69) is 29.3 Å². The Bertz CT molecular complexity index is 1240. The fourth-order valence-electron chi connectivity index (χ4n) is 3.92. The van der Waals surface area contributed by atoms with Crippen molar-refractivity contribution >= 4 is 33.1 Å². The first-order chi connectivity index (χ1) is 15.5. The molecule has 0 fully saturated rings. The summed E-state index contributed by atoms with van der Waals surface area (Å²) in [5.74, 6) is 0.837. The van der Waals surface area contributed by atoms with E-state index in [1.54, 1.807) is 12.0 Å². The molecule has 4 rings (SSSR count). The number of hydrogen-bond acceptors (Lipinski definition) is 5. The molecule has 4 aromatic rings. The Balaban J connectivity index is 1.68. The van der Waals surface area contributed by atoms with Gasteiger partial charge in [-0.3, -0.25) is 9.69 Å². The van der Waals surface area contributed by atoms with Crippen molar-refractivity contribution in [2.24, 2.45) is 0 Å². The van der Waals surface area contributed by atoms with Gasteiger partial charge in [0.2, 0.25) is 5.13 Å². The number of rotatable bonds is 7. The second-order valence-electron chi connectivity index (χ2n) is 7.91. The number of anilines is 1. The quantitative estimate of drug-likeness (QED) is 0.329. The Morgan fingerprint density at radius 2 is 1.72 bits per heavy atom. The van der Waals surface area contributed by atoms with Crippen molar-refractivity contribution in [3.8, 4) is 16.3 Å². The minimum atomic E-state index is -0.0472. The third kappa shape index (κ3) is 4.36. The van der Waals surface area contributed by atoms with E-state index in [0.717, 1.165) is 51.1 Å². The Kier molecular flexibility index (Phi) is 6.51. The van der Waals surface area contributed by atoms with Crippen LogP contribution in [0.5, 0.6) is 5.75 Å². The number of hydrogen-bond donors (Lipinski definition) is 0. The second-order valence-corrected chi connectivity index (χ2v) is 8.86. The van der Waals surface area contributed by atoms with Crippen LogP contribution < -0.4 is 9.64 Å². The molecular formula is C26H27N3O2S. The lowest BCUT2D eigenvalue weighted by atomic mass is 10.1. The van der Waals surface area contributed by atoms with E-state index in [0.29, 0.717) is 17.2 Å². The molecule has 0 radical (unpaired) electrons. The number of amides is 1. The second kappa shape index (κ2) is 9.49. The molecular weight excluding hydrogens is 418 g/mol. The number of unbranched alkanes of at least 4 members (excludes halogenated alkanes) is 1. The van der Waals surface area contributed by atoms with Crippen LogP contribution >= 0.6 is 11.3 Å². The van der Waals surface area contributed by atoms with E-state index in [-0.39, 0.29) is 5.91 Å². The van der Waals surface area contributed by atoms with Crippen LogP contribution in [0.15, 0.2) is 54.6 Å². The minimum Gasteiger partial charge on any atom is -0.496 e. The molecule has 1 amide bonds.